The molecule has 0 saturated carbocycles. The maximum absolute atomic E-state index is 12.6. The van der Waals surface area contributed by atoms with Gasteiger partial charge >= 0.3 is 19.8 Å². The minimum Gasteiger partial charge on any atom is -0.462 e. The molecule has 0 bridgehead atoms. The number of phosphoric acid groups is 1. The Labute approximate surface area is 418 Å². The van der Waals surface area contributed by atoms with Gasteiger partial charge in [-0.25, -0.2) is 4.57 Å². The molecule has 3 N–H and O–H groups in total. The van der Waals surface area contributed by atoms with Gasteiger partial charge in [-0.15, -0.1) is 0 Å². The van der Waals surface area contributed by atoms with Gasteiger partial charge in [0, 0.05) is 19.4 Å². The van der Waals surface area contributed by atoms with Crippen molar-refractivity contribution < 1.29 is 37.6 Å². The number of unbranched alkanes of at least 4 members (excludes halogenated alkanes) is 27. The Morgan fingerprint density at radius 1 is 0.456 bits per heavy atom. The van der Waals surface area contributed by atoms with Crippen molar-refractivity contribution in [2.45, 2.75) is 258 Å². The number of nitrogens with two attached hydrogens (primary N) is 1. The minimum absolute atomic E-state index is 0.0538. The van der Waals surface area contributed by atoms with Crippen LogP contribution in [-0.4, -0.2) is 49.3 Å². The summed E-state index contributed by atoms with van der Waals surface area (Å²) in [6, 6.07) is 0. The monoisotopic (exact) mass is 974 g/mol. The van der Waals surface area contributed by atoms with Gasteiger partial charge in [0.2, 0.25) is 0 Å². The van der Waals surface area contributed by atoms with E-state index in [1.54, 1.807) is 0 Å². The van der Waals surface area contributed by atoms with Crippen LogP contribution in [0.1, 0.15) is 251 Å². The van der Waals surface area contributed by atoms with Gasteiger partial charge < -0.3 is 20.1 Å². The van der Waals surface area contributed by atoms with Crippen molar-refractivity contribution in [1.82, 2.24) is 0 Å². The van der Waals surface area contributed by atoms with Crippen LogP contribution in [-0.2, 0) is 32.7 Å². The topological polar surface area (TPSA) is 134 Å². The standard InChI is InChI=1S/C58H104NO8P/c1-3-5-7-9-11-13-15-16-17-18-19-20-21-22-23-24-25-26-27-28-29-30-31-32-33-34-35-36-37-38-39-40-41-43-45-47-49-51-58(61)67-56(55-66-68(62,63)65-53-52-59)54-64-57(60)50-48-46-44-42-14-12-10-8-6-4-2/h5,7,11,13,16-17,19-20,22-23,25-26,56H,3-4,6,8-10,12,14-15,18,21,24,27-55,59H2,1-2H3,(H,62,63)/b7-5-,13-11-,17-16-,20-19-,23-22-,26-25-. The Balaban J connectivity index is 3.80. The lowest BCUT2D eigenvalue weighted by molar-refractivity contribution is -0.161. The quantitative estimate of drug-likeness (QED) is 0.0264. The van der Waals surface area contributed by atoms with Crippen LogP contribution >= 0.6 is 7.82 Å². The van der Waals surface area contributed by atoms with Gasteiger partial charge in [-0.1, -0.05) is 247 Å². The van der Waals surface area contributed by atoms with Crippen LogP contribution in [0.5, 0.6) is 0 Å². The average Bonchev–Trinajstić information content (AvgIpc) is 3.33. The average molecular weight is 974 g/mol. The van der Waals surface area contributed by atoms with Crippen LogP contribution in [0.4, 0.5) is 0 Å². The first-order chi connectivity index (χ1) is 33.3. The Hall–Kier alpha value is -2.55. The zero-order valence-corrected chi connectivity index (χ0v) is 44.7. The molecule has 0 amide bonds. The van der Waals surface area contributed by atoms with E-state index in [1.165, 1.54) is 141 Å². The predicted octanol–water partition coefficient (Wildman–Crippen LogP) is 17.3. The molecule has 0 radical (unpaired) electrons. The maximum atomic E-state index is 12.6. The Morgan fingerprint density at radius 3 is 1.21 bits per heavy atom. The summed E-state index contributed by atoms with van der Waals surface area (Å²) < 4.78 is 32.9. The molecule has 0 aromatic heterocycles. The predicted molar refractivity (Wildman–Crippen MR) is 289 cm³/mol. The third-order valence-electron chi connectivity index (χ3n) is 11.9. The van der Waals surface area contributed by atoms with Crippen LogP contribution in [0.2, 0.25) is 0 Å². The number of hydrogen-bond donors (Lipinski definition) is 2. The fourth-order valence-corrected chi connectivity index (χ4v) is 8.52. The number of esters is 2. The molecular weight excluding hydrogens is 870 g/mol. The summed E-state index contributed by atoms with van der Waals surface area (Å²) in [6.45, 7) is 3.62. The summed E-state index contributed by atoms with van der Waals surface area (Å²) in [4.78, 5) is 34.9. The van der Waals surface area contributed by atoms with E-state index in [4.69, 9.17) is 24.3 Å². The number of hydrogen-bond acceptors (Lipinski definition) is 8. The van der Waals surface area contributed by atoms with E-state index in [9.17, 15) is 19.0 Å². The van der Waals surface area contributed by atoms with Crippen LogP contribution in [0.3, 0.4) is 0 Å². The largest absolute Gasteiger partial charge is 0.472 e. The highest BCUT2D eigenvalue weighted by Gasteiger charge is 2.26. The van der Waals surface area contributed by atoms with Gasteiger partial charge in [-0.05, 0) is 64.2 Å². The van der Waals surface area contributed by atoms with Gasteiger partial charge in [0.05, 0.1) is 13.2 Å². The summed E-state index contributed by atoms with van der Waals surface area (Å²) in [6.07, 6.45) is 68.4. The van der Waals surface area contributed by atoms with E-state index in [-0.39, 0.29) is 38.6 Å². The molecule has 0 rings (SSSR count). The van der Waals surface area contributed by atoms with Crippen LogP contribution < -0.4 is 5.73 Å². The molecule has 0 heterocycles. The number of ether oxygens (including phenoxy) is 2. The molecule has 0 aliphatic rings. The Bertz CT molecular complexity index is 1340. The molecule has 10 heteroatoms. The van der Waals surface area contributed by atoms with E-state index in [1.807, 2.05) is 0 Å². The van der Waals surface area contributed by atoms with Crippen LogP contribution in [0.25, 0.3) is 0 Å². The highest BCUT2D eigenvalue weighted by Crippen LogP contribution is 2.43. The van der Waals surface area contributed by atoms with E-state index in [0.717, 1.165) is 77.0 Å². The van der Waals surface area contributed by atoms with Gasteiger partial charge in [-0.2, -0.15) is 0 Å². The summed E-state index contributed by atoms with van der Waals surface area (Å²) in [5.41, 5.74) is 5.36. The second-order valence-electron chi connectivity index (χ2n) is 18.4. The van der Waals surface area contributed by atoms with Crippen LogP contribution in [0.15, 0.2) is 72.9 Å². The SMILES string of the molecule is CC/C=C\C/C=C\C/C=C\C/C=C\C/C=C\C/C=C\CCCCCCCCCCCCCCCCCCCCC(=O)OC(COC(=O)CCCCCCCCCCCC)COP(=O)(O)OCCN. The molecule has 9 nitrogen and oxygen atoms in total. The number of allylic oxidation sites excluding steroid dienone is 12. The Kier molecular flexibility index (Phi) is 51.8. The summed E-state index contributed by atoms with van der Waals surface area (Å²) >= 11 is 0. The Morgan fingerprint density at radius 2 is 0.809 bits per heavy atom. The van der Waals surface area contributed by atoms with Crippen molar-refractivity contribution in [2.75, 3.05) is 26.4 Å². The molecule has 0 saturated heterocycles. The van der Waals surface area contributed by atoms with Crippen molar-refractivity contribution in [3.8, 4) is 0 Å². The van der Waals surface area contributed by atoms with Gasteiger partial charge in [0.15, 0.2) is 6.10 Å². The van der Waals surface area contributed by atoms with E-state index < -0.39 is 26.5 Å². The zero-order valence-electron chi connectivity index (χ0n) is 43.8. The van der Waals surface area contributed by atoms with Gasteiger partial charge in [0.25, 0.3) is 0 Å². The number of rotatable bonds is 52. The lowest BCUT2D eigenvalue weighted by Crippen LogP contribution is -2.29. The molecule has 0 aromatic rings. The molecule has 2 atom stereocenters. The van der Waals surface area contributed by atoms with E-state index in [2.05, 4.69) is 86.8 Å². The fourth-order valence-electron chi connectivity index (χ4n) is 7.76. The minimum atomic E-state index is -4.38. The van der Waals surface area contributed by atoms with Crippen molar-refractivity contribution in [3.05, 3.63) is 72.9 Å². The molecule has 0 fully saturated rings. The van der Waals surface area contributed by atoms with Gasteiger partial charge in [-0.3, -0.25) is 18.6 Å². The fraction of sp³-hybridized carbons (Fsp3) is 0.759. The summed E-state index contributed by atoms with van der Waals surface area (Å²) in [7, 11) is -4.38. The molecule has 0 spiro atoms. The third-order valence-corrected chi connectivity index (χ3v) is 12.8. The highest BCUT2D eigenvalue weighted by molar-refractivity contribution is 7.47. The second-order valence-corrected chi connectivity index (χ2v) is 19.9. The first-order valence-corrected chi connectivity index (χ1v) is 29.4. The first kappa shape index (κ1) is 65.5. The number of phosphoric ester groups is 1. The molecule has 2 unspecified atom stereocenters. The van der Waals surface area contributed by atoms with E-state index >= 15 is 0 Å². The number of carbonyl (C=O) groups excluding carboxylic acids is 2. The first-order valence-electron chi connectivity index (χ1n) is 27.9. The van der Waals surface area contributed by atoms with Crippen molar-refractivity contribution >= 4 is 19.8 Å². The molecule has 0 aliphatic heterocycles. The van der Waals surface area contributed by atoms with Crippen LogP contribution in [0, 0.1) is 0 Å². The zero-order chi connectivity index (χ0) is 49.5. The molecule has 0 aromatic carbocycles. The van der Waals surface area contributed by atoms with Crippen molar-refractivity contribution in [2.24, 2.45) is 5.73 Å². The van der Waals surface area contributed by atoms with E-state index in [0.29, 0.717) is 6.42 Å². The summed E-state index contributed by atoms with van der Waals surface area (Å²) in [5, 5.41) is 0. The smallest absolute Gasteiger partial charge is 0.462 e. The lowest BCUT2D eigenvalue weighted by atomic mass is 10.0. The second kappa shape index (κ2) is 53.8. The molecule has 394 valence electrons. The highest BCUT2D eigenvalue weighted by atomic mass is 31.2. The molecular formula is C58H104NO8P. The summed E-state index contributed by atoms with van der Waals surface area (Å²) in [5.74, 6) is -0.822. The maximum Gasteiger partial charge on any atom is 0.472 e. The third kappa shape index (κ3) is 52.8. The number of carbonyl (C=O) groups is 2. The van der Waals surface area contributed by atoms with Gasteiger partial charge in [0.1, 0.15) is 6.61 Å². The molecule has 0 aliphatic carbocycles. The normalized spacial score (nSPS) is 13.6. The van der Waals surface area contributed by atoms with Crippen molar-refractivity contribution in [3.63, 3.8) is 0 Å². The molecule has 68 heavy (non-hydrogen) atoms. The lowest BCUT2D eigenvalue weighted by Gasteiger charge is -2.19. The van der Waals surface area contributed by atoms with Crippen molar-refractivity contribution in [1.29, 1.82) is 0 Å².